The van der Waals surface area contributed by atoms with Gasteiger partial charge in [0.1, 0.15) is 0 Å². The van der Waals surface area contributed by atoms with Crippen molar-refractivity contribution in [1.82, 2.24) is 0 Å². The summed E-state index contributed by atoms with van der Waals surface area (Å²) in [6, 6.07) is 0. The lowest BCUT2D eigenvalue weighted by atomic mass is 9.96. The zero-order valence-corrected chi connectivity index (χ0v) is 6.07. The maximum atomic E-state index is 3.70. The van der Waals surface area contributed by atoms with Crippen molar-refractivity contribution in [2.45, 2.75) is 27.2 Å². The fraction of sp³-hybridized carbons (Fsp3) is 0.625. The molecule has 1 radical (unpaired) electrons. The van der Waals surface area contributed by atoms with Crippen molar-refractivity contribution < 1.29 is 0 Å². The number of allylic oxidation sites excluding steroid dienone is 2. The van der Waals surface area contributed by atoms with E-state index in [1.165, 1.54) is 0 Å². The Hall–Kier alpha value is -0.260. The maximum absolute atomic E-state index is 3.70. The molecule has 0 saturated heterocycles. The summed E-state index contributed by atoms with van der Waals surface area (Å²) in [5, 5.41) is 0. The second-order valence-electron chi connectivity index (χ2n) is 3.06. The van der Waals surface area contributed by atoms with Crippen molar-refractivity contribution in [3.8, 4) is 0 Å². The van der Waals surface area contributed by atoms with Crippen LogP contribution >= 0.6 is 0 Å². The molecule has 0 bridgehead atoms. The van der Waals surface area contributed by atoms with Crippen LogP contribution in [0.1, 0.15) is 27.2 Å². The highest BCUT2D eigenvalue weighted by Gasteiger charge is 2.01. The molecule has 0 aromatic heterocycles. The highest BCUT2D eigenvalue weighted by atomic mass is 14.1. The van der Waals surface area contributed by atoms with Crippen LogP contribution in [0.3, 0.4) is 0 Å². The van der Waals surface area contributed by atoms with E-state index in [1.54, 1.807) is 0 Å². The van der Waals surface area contributed by atoms with Gasteiger partial charge in [0.2, 0.25) is 0 Å². The first-order valence-electron chi connectivity index (χ1n) is 3.03. The third-order valence-electron chi connectivity index (χ3n) is 0.785. The molecule has 0 amide bonds. The third kappa shape index (κ3) is 5.74. The molecule has 0 rings (SSSR count). The van der Waals surface area contributed by atoms with Crippen LogP contribution in [0.2, 0.25) is 0 Å². The van der Waals surface area contributed by atoms with Gasteiger partial charge in [-0.2, -0.15) is 0 Å². The van der Waals surface area contributed by atoms with Gasteiger partial charge in [-0.15, -0.1) is 0 Å². The SMILES string of the molecule is [CH2]CC=CC(C)(C)C. The van der Waals surface area contributed by atoms with Gasteiger partial charge in [-0.1, -0.05) is 32.9 Å². The monoisotopic (exact) mass is 111 g/mol. The first-order chi connectivity index (χ1) is 3.56. The summed E-state index contributed by atoms with van der Waals surface area (Å²) in [6.45, 7) is 10.2. The number of hydrogen-bond donors (Lipinski definition) is 0. The standard InChI is InChI=1S/C8H15/c1-5-6-7-8(2,3)4/h6-7H,1,5H2,2-4H3. The molecule has 0 aromatic rings. The molecule has 0 aliphatic heterocycles. The van der Waals surface area contributed by atoms with Crippen molar-refractivity contribution in [1.29, 1.82) is 0 Å². The van der Waals surface area contributed by atoms with Gasteiger partial charge in [-0.25, -0.2) is 0 Å². The predicted octanol–water partition coefficient (Wildman–Crippen LogP) is 2.81. The Balaban J connectivity index is 3.52. The van der Waals surface area contributed by atoms with Crippen LogP contribution in [-0.4, -0.2) is 0 Å². The van der Waals surface area contributed by atoms with Gasteiger partial charge in [0.25, 0.3) is 0 Å². The van der Waals surface area contributed by atoms with Gasteiger partial charge >= 0.3 is 0 Å². The summed E-state index contributed by atoms with van der Waals surface area (Å²) in [5.41, 5.74) is 0.331. The van der Waals surface area contributed by atoms with Crippen LogP contribution in [0.15, 0.2) is 12.2 Å². The minimum absolute atomic E-state index is 0.331. The molecular formula is C8H15. The molecule has 0 fully saturated rings. The molecule has 8 heavy (non-hydrogen) atoms. The molecule has 0 heterocycles. The minimum atomic E-state index is 0.331. The van der Waals surface area contributed by atoms with Crippen LogP contribution in [0.5, 0.6) is 0 Å². The summed E-state index contributed by atoms with van der Waals surface area (Å²) < 4.78 is 0. The van der Waals surface area contributed by atoms with Crippen molar-refractivity contribution in [3.05, 3.63) is 19.1 Å². The topological polar surface area (TPSA) is 0 Å². The van der Waals surface area contributed by atoms with Crippen molar-refractivity contribution in [2.75, 3.05) is 0 Å². The molecule has 0 atom stereocenters. The Morgan fingerprint density at radius 1 is 1.38 bits per heavy atom. The van der Waals surface area contributed by atoms with E-state index in [-0.39, 0.29) is 0 Å². The molecule has 0 unspecified atom stereocenters. The van der Waals surface area contributed by atoms with Crippen LogP contribution < -0.4 is 0 Å². The van der Waals surface area contributed by atoms with E-state index in [0.29, 0.717) is 5.41 Å². The van der Waals surface area contributed by atoms with Crippen molar-refractivity contribution in [3.63, 3.8) is 0 Å². The Kier molecular flexibility index (Phi) is 2.81. The van der Waals surface area contributed by atoms with Crippen LogP contribution in [-0.2, 0) is 0 Å². The van der Waals surface area contributed by atoms with E-state index >= 15 is 0 Å². The Labute approximate surface area is 52.6 Å². The van der Waals surface area contributed by atoms with Gasteiger partial charge in [-0.05, 0) is 18.8 Å². The predicted molar refractivity (Wildman–Crippen MR) is 38.6 cm³/mol. The maximum Gasteiger partial charge on any atom is -0.0203 e. The molecule has 0 N–H and O–H groups in total. The zero-order chi connectivity index (χ0) is 6.62. The largest absolute Gasteiger partial charge is 0.0880 e. The lowest BCUT2D eigenvalue weighted by Crippen LogP contribution is -1.97. The van der Waals surface area contributed by atoms with E-state index < -0.39 is 0 Å². The van der Waals surface area contributed by atoms with Crippen LogP contribution in [0.25, 0.3) is 0 Å². The van der Waals surface area contributed by atoms with Gasteiger partial charge in [-0.3, -0.25) is 0 Å². The summed E-state index contributed by atoms with van der Waals surface area (Å²) in [4.78, 5) is 0. The summed E-state index contributed by atoms with van der Waals surface area (Å²) in [7, 11) is 0. The second-order valence-corrected chi connectivity index (χ2v) is 3.06. The summed E-state index contributed by atoms with van der Waals surface area (Å²) >= 11 is 0. The lowest BCUT2D eigenvalue weighted by Gasteiger charge is -2.10. The Bertz CT molecular complexity index is 72.5. The fourth-order valence-corrected chi connectivity index (χ4v) is 0.437. The number of rotatable bonds is 1. The smallest absolute Gasteiger partial charge is 0.0203 e. The van der Waals surface area contributed by atoms with E-state index in [4.69, 9.17) is 0 Å². The summed E-state index contributed by atoms with van der Waals surface area (Å²) in [5.74, 6) is 0. The molecule has 47 valence electrons. The molecule has 0 heteroatoms. The van der Waals surface area contributed by atoms with E-state index in [0.717, 1.165) is 6.42 Å². The Morgan fingerprint density at radius 3 is 2.00 bits per heavy atom. The minimum Gasteiger partial charge on any atom is -0.0880 e. The third-order valence-corrected chi connectivity index (χ3v) is 0.785. The quantitative estimate of drug-likeness (QED) is 0.456. The van der Waals surface area contributed by atoms with Gasteiger partial charge in [0.05, 0.1) is 0 Å². The molecule has 0 saturated carbocycles. The van der Waals surface area contributed by atoms with Crippen molar-refractivity contribution in [2.24, 2.45) is 5.41 Å². The highest BCUT2D eigenvalue weighted by Crippen LogP contribution is 2.14. The zero-order valence-electron chi connectivity index (χ0n) is 6.07. The molecule has 0 aliphatic rings. The normalized spacial score (nSPS) is 13.0. The van der Waals surface area contributed by atoms with E-state index in [9.17, 15) is 0 Å². The molecule has 0 spiro atoms. The average molecular weight is 111 g/mol. The average Bonchev–Trinajstić information content (AvgIpc) is 1.59. The summed E-state index contributed by atoms with van der Waals surface area (Å²) in [6.07, 6.45) is 5.18. The first kappa shape index (κ1) is 7.74. The number of hydrogen-bond acceptors (Lipinski definition) is 0. The van der Waals surface area contributed by atoms with Crippen LogP contribution in [0, 0.1) is 12.3 Å². The molecule has 0 aromatic carbocycles. The van der Waals surface area contributed by atoms with Gasteiger partial charge in [0, 0.05) is 0 Å². The van der Waals surface area contributed by atoms with Crippen molar-refractivity contribution >= 4 is 0 Å². The Morgan fingerprint density at radius 2 is 1.88 bits per heavy atom. The highest BCUT2D eigenvalue weighted by molar-refractivity contribution is 4.92. The van der Waals surface area contributed by atoms with E-state index in [2.05, 4.69) is 39.8 Å². The first-order valence-corrected chi connectivity index (χ1v) is 3.03. The fourth-order valence-electron chi connectivity index (χ4n) is 0.437. The molecule has 0 nitrogen and oxygen atoms in total. The van der Waals surface area contributed by atoms with Gasteiger partial charge in [0.15, 0.2) is 0 Å². The van der Waals surface area contributed by atoms with E-state index in [1.807, 2.05) is 0 Å². The molecule has 0 aliphatic carbocycles. The van der Waals surface area contributed by atoms with Crippen LogP contribution in [0.4, 0.5) is 0 Å². The second kappa shape index (κ2) is 2.91. The molecular weight excluding hydrogens is 96.1 g/mol. The van der Waals surface area contributed by atoms with Gasteiger partial charge < -0.3 is 0 Å². The lowest BCUT2D eigenvalue weighted by molar-refractivity contribution is 0.543.